The quantitative estimate of drug-likeness (QED) is 0.317. The Hall–Kier alpha value is -3.10. The number of pyridine rings is 1. The van der Waals surface area contributed by atoms with Gasteiger partial charge in [0.25, 0.3) is 0 Å². The van der Waals surface area contributed by atoms with Gasteiger partial charge in [-0.25, -0.2) is 4.85 Å². The summed E-state index contributed by atoms with van der Waals surface area (Å²) in [6, 6.07) is 18.8. The molecule has 4 nitrogen and oxygen atoms in total. The molecule has 0 saturated heterocycles. The van der Waals surface area contributed by atoms with E-state index in [1.165, 1.54) is 11.1 Å². The fourth-order valence-corrected chi connectivity index (χ4v) is 2.91. The number of hydrogen-bond acceptors (Lipinski definition) is 4. The molecular weight excluding hydrogens is 356 g/mol. The summed E-state index contributed by atoms with van der Waals surface area (Å²) in [5.41, 5.74) is 2.77. The molecule has 5 heteroatoms. The number of rotatable bonds is 7. The number of nitrogens with zero attached hydrogens (tertiary/aromatic N) is 2. The van der Waals surface area contributed by atoms with Gasteiger partial charge in [0, 0.05) is 22.3 Å². The van der Waals surface area contributed by atoms with E-state index in [4.69, 9.17) is 11.3 Å². The van der Waals surface area contributed by atoms with Gasteiger partial charge in [-0.15, -0.1) is 11.8 Å². The predicted molar refractivity (Wildman–Crippen MR) is 108 cm³/mol. The summed E-state index contributed by atoms with van der Waals surface area (Å²) >= 11 is 1.70. The zero-order valence-corrected chi connectivity index (χ0v) is 15.7. The molecule has 0 aliphatic carbocycles. The van der Waals surface area contributed by atoms with Crippen molar-refractivity contribution in [3.05, 3.63) is 95.1 Å². The van der Waals surface area contributed by atoms with Crippen LogP contribution in [0.15, 0.2) is 71.8 Å². The first-order valence-electron chi connectivity index (χ1n) is 8.39. The van der Waals surface area contributed by atoms with Crippen LogP contribution in [0.5, 0.6) is 5.75 Å². The predicted octanol–water partition coefficient (Wildman–Crippen LogP) is 5.36. The van der Waals surface area contributed by atoms with Gasteiger partial charge in [-0.1, -0.05) is 36.4 Å². The third-order valence-corrected chi connectivity index (χ3v) is 4.74. The van der Waals surface area contributed by atoms with Crippen LogP contribution in [0.25, 0.3) is 4.85 Å². The van der Waals surface area contributed by atoms with Crippen LogP contribution in [-0.2, 0) is 13.0 Å². The molecule has 2 aromatic carbocycles. The van der Waals surface area contributed by atoms with E-state index in [9.17, 15) is 4.79 Å². The largest absolute Gasteiger partial charge is 0.489 e. The number of carbonyl (C=O) groups excluding carboxylic acids is 1. The van der Waals surface area contributed by atoms with Gasteiger partial charge in [0.15, 0.2) is 5.78 Å². The summed E-state index contributed by atoms with van der Waals surface area (Å²) in [5.74, 6) is 0.624. The molecule has 3 aromatic rings. The summed E-state index contributed by atoms with van der Waals surface area (Å²) in [7, 11) is 0. The number of Topliss-reactive ketones (excluding diaryl/α,β-unsaturated/α-hetero) is 1. The van der Waals surface area contributed by atoms with Crippen LogP contribution in [0.3, 0.4) is 0 Å². The molecule has 0 N–H and O–H groups in total. The molecule has 0 bridgehead atoms. The van der Waals surface area contributed by atoms with Gasteiger partial charge < -0.3 is 4.74 Å². The molecule has 0 unspecified atom stereocenters. The Morgan fingerprint density at radius 2 is 1.96 bits per heavy atom. The second-order valence-corrected chi connectivity index (χ2v) is 6.76. The monoisotopic (exact) mass is 374 g/mol. The van der Waals surface area contributed by atoms with Crippen LogP contribution in [0.2, 0.25) is 0 Å². The topological polar surface area (TPSA) is 43.5 Å². The van der Waals surface area contributed by atoms with Crippen molar-refractivity contribution in [1.82, 2.24) is 4.98 Å². The number of thioether (sulfide) groups is 1. The number of hydrogen-bond donors (Lipinski definition) is 0. The highest BCUT2D eigenvalue weighted by Crippen LogP contribution is 2.19. The molecule has 27 heavy (non-hydrogen) atoms. The highest BCUT2D eigenvalue weighted by Gasteiger charge is 2.09. The first-order chi connectivity index (χ1) is 13.2. The number of aromatic nitrogens is 1. The fraction of sp³-hybridized carbons (Fsp3) is 0.136. The fourth-order valence-electron chi connectivity index (χ4n) is 2.50. The number of carbonyl (C=O) groups is 1. The lowest BCUT2D eigenvalue weighted by Crippen LogP contribution is -2.05. The second kappa shape index (κ2) is 9.02. The second-order valence-electron chi connectivity index (χ2n) is 5.88. The molecule has 0 amide bonds. The third kappa shape index (κ3) is 5.19. The maximum Gasteiger partial charge on any atom is 0.205 e. The average molecular weight is 374 g/mol. The van der Waals surface area contributed by atoms with Crippen molar-refractivity contribution in [3.8, 4) is 5.75 Å². The molecule has 0 radical (unpaired) electrons. The first-order valence-corrected chi connectivity index (χ1v) is 9.62. The average Bonchev–Trinajstić information content (AvgIpc) is 2.73. The molecule has 0 atom stereocenters. The highest BCUT2D eigenvalue weighted by atomic mass is 32.2. The smallest absolute Gasteiger partial charge is 0.205 e. The minimum absolute atomic E-state index is 0.0344. The van der Waals surface area contributed by atoms with Crippen molar-refractivity contribution in [2.24, 2.45) is 0 Å². The Kier molecular flexibility index (Phi) is 6.24. The van der Waals surface area contributed by atoms with E-state index in [0.717, 1.165) is 5.56 Å². The van der Waals surface area contributed by atoms with E-state index in [0.29, 0.717) is 29.3 Å². The summed E-state index contributed by atoms with van der Waals surface area (Å²) in [4.78, 5) is 21.2. The molecular formula is C22H18N2O2S. The van der Waals surface area contributed by atoms with Gasteiger partial charge in [-0.05, 0) is 36.1 Å². The van der Waals surface area contributed by atoms with Crippen molar-refractivity contribution in [2.45, 2.75) is 17.9 Å². The summed E-state index contributed by atoms with van der Waals surface area (Å²) < 4.78 is 5.83. The van der Waals surface area contributed by atoms with E-state index in [1.54, 1.807) is 36.0 Å². The van der Waals surface area contributed by atoms with E-state index in [-0.39, 0.29) is 12.2 Å². The van der Waals surface area contributed by atoms with Crippen molar-refractivity contribution < 1.29 is 9.53 Å². The van der Waals surface area contributed by atoms with Gasteiger partial charge in [-0.3, -0.25) is 9.78 Å². The van der Waals surface area contributed by atoms with E-state index in [2.05, 4.69) is 22.0 Å². The van der Waals surface area contributed by atoms with E-state index >= 15 is 0 Å². The zero-order chi connectivity index (χ0) is 19.1. The molecule has 0 spiro atoms. The SMILES string of the molecule is [C-]#[N+]c1ccc(CC(=O)c2cccc(OCc3ccc(SC)cc3)c2)nc1. The minimum atomic E-state index is -0.0344. The summed E-state index contributed by atoms with van der Waals surface area (Å²) in [6.45, 7) is 7.39. The van der Waals surface area contributed by atoms with Crippen LogP contribution < -0.4 is 4.74 Å². The van der Waals surface area contributed by atoms with Crippen LogP contribution in [0.1, 0.15) is 21.6 Å². The van der Waals surface area contributed by atoms with Gasteiger partial charge in [0.2, 0.25) is 5.69 Å². The van der Waals surface area contributed by atoms with Gasteiger partial charge in [-0.2, -0.15) is 0 Å². The Bertz CT molecular complexity index is 961. The van der Waals surface area contributed by atoms with Crippen molar-refractivity contribution in [1.29, 1.82) is 0 Å². The Labute approximate surface area is 163 Å². The maximum absolute atomic E-state index is 12.5. The minimum Gasteiger partial charge on any atom is -0.489 e. The summed E-state index contributed by atoms with van der Waals surface area (Å²) in [6.07, 6.45) is 3.72. The zero-order valence-electron chi connectivity index (χ0n) is 14.9. The van der Waals surface area contributed by atoms with Gasteiger partial charge in [0.1, 0.15) is 12.4 Å². The Balaban J connectivity index is 1.63. The Morgan fingerprint density at radius 1 is 1.15 bits per heavy atom. The van der Waals surface area contributed by atoms with Gasteiger partial charge >= 0.3 is 0 Å². The number of ether oxygens (including phenoxy) is 1. The van der Waals surface area contributed by atoms with Gasteiger partial charge in [0.05, 0.1) is 13.0 Å². The third-order valence-electron chi connectivity index (χ3n) is 4.00. The standard InChI is InChI=1S/C22H18N2O2S/c1-23-19-9-8-18(24-14-19)13-22(25)17-4-3-5-20(12-17)26-15-16-6-10-21(27-2)11-7-16/h3-12,14H,13,15H2,2H3. The first kappa shape index (κ1) is 18.7. The van der Waals surface area contributed by atoms with E-state index < -0.39 is 0 Å². The normalized spacial score (nSPS) is 10.2. The molecule has 1 heterocycles. The maximum atomic E-state index is 12.5. The number of ketones is 1. The lowest BCUT2D eigenvalue weighted by atomic mass is 10.1. The number of benzene rings is 2. The molecule has 1 aromatic heterocycles. The van der Waals surface area contributed by atoms with Crippen LogP contribution in [0, 0.1) is 6.57 Å². The van der Waals surface area contributed by atoms with Crippen molar-refractivity contribution in [2.75, 3.05) is 6.26 Å². The summed E-state index contributed by atoms with van der Waals surface area (Å²) in [5, 5.41) is 0. The van der Waals surface area contributed by atoms with E-state index in [1.807, 2.05) is 30.5 Å². The van der Waals surface area contributed by atoms with Crippen molar-refractivity contribution in [3.63, 3.8) is 0 Å². The van der Waals surface area contributed by atoms with Crippen LogP contribution in [-0.4, -0.2) is 17.0 Å². The molecule has 0 fully saturated rings. The lowest BCUT2D eigenvalue weighted by molar-refractivity contribution is 0.0991. The molecule has 0 aliphatic rings. The van der Waals surface area contributed by atoms with Crippen LogP contribution in [0.4, 0.5) is 5.69 Å². The molecule has 3 rings (SSSR count). The lowest BCUT2D eigenvalue weighted by Gasteiger charge is -2.08. The molecule has 0 saturated carbocycles. The van der Waals surface area contributed by atoms with Crippen LogP contribution >= 0.6 is 11.8 Å². The molecule has 0 aliphatic heterocycles. The molecule has 134 valence electrons. The Morgan fingerprint density at radius 3 is 2.63 bits per heavy atom. The van der Waals surface area contributed by atoms with Crippen molar-refractivity contribution >= 4 is 23.2 Å². The highest BCUT2D eigenvalue weighted by molar-refractivity contribution is 7.98.